The molecule has 0 unspecified atom stereocenters. The first-order valence-corrected chi connectivity index (χ1v) is 7.62. The Bertz CT molecular complexity index is 845. The number of nitrogens with zero attached hydrogens (tertiary/aromatic N) is 2. The van der Waals surface area contributed by atoms with Crippen molar-refractivity contribution >= 4 is 41.1 Å². The number of halogens is 2. The molecule has 0 amide bonds. The second-order valence-corrected chi connectivity index (χ2v) is 5.69. The summed E-state index contributed by atoms with van der Waals surface area (Å²) in [5, 5.41) is 8.62. The summed E-state index contributed by atoms with van der Waals surface area (Å²) >= 11 is 17.2. The van der Waals surface area contributed by atoms with Crippen LogP contribution < -0.4 is 5.32 Å². The lowest BCUT2D eigenvalue weighted by Gasteiger charge is -2.07. The van der Waals surface area contributed by atoms with Crippen LogP contribution in [0, 0.1) is 4.84 Å². The lowest BCUT2D eigenvalue weighted by atomic mass is 10.2. The van der Waals surface area contributed by atoms with Gasteiger partial charge < -0.3 is 9.73 Å². The van der Waals surface area contributed by atoms with Gasteiger partial charge in [-0.1, -0.05) is 41.4 Å². The van der Waals surface area contributed by atoms with E-state index >= 15 is 0 Å². The minimum absolute atomic E-state index is 0.288. The summed E-state index contributed by atoms with van der Waals surface area (Å²) in [6, 6.07) is 14.8. The normalized spacial score (nSPS) is 10.6. The summed E-state index contributed by atoms with van der Waals surface area (Å²) in [6.07, 6.45) is 0. The maximum Gasteiger partial charge on any atom is 0.289 e. The van der Waals surface area contributed by atoms with Crippen molar-refractivity contribution in [3.8, 4) is 11.5 Å². The van der Waals surface area contributed by atoms with Crippen molar-refractivity contribution in [2.75, 3.05) is 5.32 Å². The lowest BCUT2D eigenvalue weighted by Crippen LogP contribution is -2.09. The van der Waals surface area contributed by atoms with Crippen LogP contribution in [0.4, 0.5) is 5.69 Å². The Balaban J connectivity index is 1.79. The standard InChI is InChI=1S/C15H11Cl2N3OS/c16-11-6-7-13(12(17)8-11)18-9-20-15(22)21-14(19-20)10-4-2-1-3-5-10/h1-8,18H,9H2. The van der Waals surface area contributed by atoms with Crippen LogP contribution in [-0.2, 0) is 6.67 Å². The van der Waals surface area contributed by atoms with Crippen molar-refractivity contribution in [3.63, 3.8) is 0 Å². The van der Waals surface area contributed by atoms with E-state index in [9.17, 15) is 0 Å². The van der Waals surface area contributed by atoms with Crippen LogP contribution in [0.25, 0.3) is 11.5 Å². The molecular weight excluding hydrogens is 341 g/mol. The molecule has 0 saturated heterocycles. The number of aromatic nitrogens is 2. The van der Waals surface area contributed by atoms with Gasteiger partial charge in [-0.15, -0.1) is 5.10 Å². The molecule has 7 heteroatoms. The molecule has 1 heterocycles. The molecule has 0 radical (unpaired) electrons. The van der Waals surface area contributed by atoms with Crippen LogP contribution in [-0.4, -0.2) is 9.78 Å². The molecule has 1 N–H and O–H groups in total. The zero-order valence-electron chi connectivity index (χ0n) is 11.3. The van der Waals surface area contributed by atoms with Gasteiger partial charge in [0.05, 0.1) is 10.7 Å². The van der Waals surface area contributed by atoms with E-state index in [1.54, 1.807) is 22.9 Å². The van der Waals surface area contributed by atoms with Gasteiger partial charge in [0.25, 0.3) is 4.84 Å². The van der Waals surface area contributed by atoms with Gasteiger partial charge in [-0.3, -0.25) is 0 Å². The van der Waals surface area contributed by atoms with Crippen molar-refractivity contribution < 1.29 is 4.42 Å². The smallest absolute Gasteiger partial charge is 0.289 e. The minimum Gasteiger partial charge on any atom is -0.409 e. The first kappa shape index (κ1) is 15.1. The summed E-state index contributed by atoms with van der Waals surface area (Å²) < 4.78 is 7.07. The van der Waals surface area contributed by atoms with Gasteiger partial charge in [0, 0.05) is 10.6 Å². The van der Waals surface area contributed by atoms with Gasteiger partial charge in [0.2, 0.25) is 5.89 Å². The second kappa shape index (κ2) is 6.52. The topological polar surface area (TPSA) is 43.0 Å². The molecule has 1 aromatic heterocycles. The van der Waals surface area contributed by atoms with Gasteiger partial charge in [-0.25, -0.2) is 4.68 Å². The van der Waals surface area contributed by atoms with E-state index < -0.39 is 0 Å². The average Bonchev–Trinajstić information content (AvgIpc) is 2.88. The highest BCUT2D eigenvalue weighted by Gasteiger charge is 2.08. The fraction of sp³-hybridized carbons (Fsp3) is 0.0667. The van der Waals surface area contributed by atoms with Crippen molar-refractivity contribution in [2.24, 2.45) is 0 Å². The molecule has 0 bridgehead atoms. The van der Waals surface area contributed by atoms with E-state index in [-0.39, 0.29) is 4.84 Å². The highest BCUT2D eigenvalue weighted by molar-refractivity contribution is 7.71. The summed E-state index contributed by atoms with van der Waals surface area (Å²) in [4.78, 5) is 0.288. The third-order valence-electron chi connectivity index (χ3n) is 2.98. The van der Waals surface area contributed by atoms with Crippen molar-refractivity contribution in [1.82, 2.24) is 9.78 Å². The quantitative estimate of drug-likeness (QED) is 0.652. The number of rotatable bonds is 4. The Morgan fingerprint density at radius 2 is 1.91 bits per heavy atom. The molecule has 0 saturated carbocycles. The first-order valence-electron chi connectivity index (χ1n) is 6.46. The molecule has 0 aliphatic heterocycles. The third kappa shape index (κ3) is 3.32. The van der Waals surface area contributed by atoms with Crippen LogP contribution in [0.1, 0.15) is 0 Å². The van der Waals surface area contributed by atoms with Gasteiger partial charge in [-0.2, -0.15) is 0 Å². The van der Waals surface area contributed by atoms with E-state index in [0.29, 0.717) is 22.6 Å². The van der Waals surface area contributed by atoms with Gasteiger partial charge in [0.1, 0.15) is 6.67 Å². The molecule has 112 valence electrons. The van der Waals surface area contributed by atoms with E-state index in [4.69, 9.17) is 39.8 Å². The summed E-state index contributed by atoms with van der Waals surface area (Å²) in [6.45, 7) is 0.344. The predicted octanol–water partition coefficient (Wildman–Crippen LogP) is 5.25. The molecule has 22 heavy (non-hydrogen) atoms. The fourth-order valence-electron chi connectivity index (χ4n) is 1.90. The number of hydrogen-bond donors (Lipinski definition) is 1. The zero-order valence-corrected chi connectivity index (χ0v) is 13.6. The van der Waals surface area contributed by atoms with E-state index in [0.717, 1.165) is 11.3 Å². The Kier molecular flexibility index (Phi) is 4.47. The molecule has 0 aliphatic rings. The number of hydrogen-bond acceptors (Lipinski definition) is 4. The molecule has 0 fully saturated rings. The highest BCUT2D eigenvalue weighted by Crippen LogP contribution is 2.25. The third-order valence-corrected chi connectivity index (χ3v) is 3.82. The van der Waals surface area contributed by atoms with Gasteiger partial charge in [-0.05, 0) is 42.5 Å². The van der Waals surface area contributed by atoms with E-state index in [2.05, 4.69) is 10.4 Å². The highest BCUT2D eigenvalue weighted by atomic mass is 35.5. The van der Waals surface area contributed by atoms with Gasteiger partial charge in [0.15, 0.2) is 0 Å². The summed E-state index contributed by atoms with van der Waals surface area (Å²) in [7, 11) is 0. The average molecular weight is 352 g/mol. The number of anilines is 1. The van der Waals surface area contributed by atoms with Crippen molar-refractivity contribution in [2.45, 2.75) is 6.67 Å². The molecule has 0 spiro atoms. The van der Waals surface area contributed by atoms with Crippen LogP contribution in [0.5, 0.6) is 0 Å². The maximum atomic E-state index is 6.11. The van der Waals surface area contributed by atoms with Crippen LogP contribution >= 0.6 is 35.4 Å². The Morgan fingerprint density at radius 3 is 2.64 bits per heavy atom. The molecular formula is C15H11Cl2N3OS. The molecule has 2 aromatic carbocycles. The second-order valence-electron chi connectivity index (χ2n) is 4.50. The zero-order chi connectivity index (χ0) is 15.5. The number of nitrogens with one attached hydrogen (secondary N) is 1. The molecule has 3 aromatic rings. The molecule has 3 rings (SSSR count). The fourth-order valence-corrected chi connectivity index (χ4v) is 2.56. The SMILES string of the molecule is S=c1oc(-c2ccccc2)nn1CNc1ccc(Cl)cc1Cl. The van der Waals surface area contributed by atoms with Crippen LogP contribution in [0.3, 0.4) is 0 Å². The van der Waals surface area contributed by atoms with E-state index in [1.807, 2.05) is 30.3 Å². The minimum atomic E-state index is 0.288. The summed E-state index contributed by atoms with van der Waals surface area (Å²) in [5.41, 5.74) is 1.62. The first-order chi connectivity index (χ1) is 10.6. The molecule has 0 atom stereocenters. The Morgan fingerprint density at radius 1 is 1.14 bits per heavy atom. The summed E-state index contributed by atoms with van der Waals surface area (Å²) in [5.74, 6) is 0.481. The Labute approximate surface area is 142 Å². The van der Waals surface area contributed by atoms with Crippen molar-refractivity contribution in [1.29, 1.82) is 0 Å². The lowest BCUT2D eigenvalue weighted by molar-refractivity contribution is 0.522. The van der Waals surface area contributed by atoms with Crippen LogP contribution in [0.15, 0.2) is 52.9 Å². The largest absolute Gasteiger partial charge is 0.409 e. The number of benzene rings is 2. The Hall–Kier alpha value is -1.82. The monoisotopic (exact) mass is 351 g/mol. The maximum absolute atomic E-state index is 6.11. The van der Waals surface area contributed by atoms with Crippen molar-refractivity contribution in [3.05, 3.63) is 63.4 Å². The molecule has 4 nitrogen and oxygen atoms in total. The van der Waals surface area contributed by atoms with Gasteiger partial charge >= 0.3 is 0 Å². The van der Waals surface area contributed by atoms with E-state index in [1.165, 1.54) is 0 Å². The predicted molar refractivity (Wildman–Crippen MR) is 90.8 cm³/mol. The molecule has 0 aliphatic carbocycles. The van der Waals surface area contributed by atoms with Crippen LogP contribution in [0.2, 0.25) is 10.0 Å².